The quantitative estimate of drug-likeness (QED) is 0.550. The van der Waals surface area contributed by atoms with Gasteiger partial charge in [-0.15, -0.1) is 0 Å². The standard InChI is InChI=1S/C22H21N3O2/c1-25(22(26)21-14-17-10-5-6-12-19(17)23-21)13-7-11-18-15-20(24-27-18)16-8-3-2-4-9-16/h2-6,8-10,12,14-15,23H,7,11,13H2,1H3. The van der Waals surface area contributed by atoms with E-state index in [1.54, 1.807) is 4.90 Å². The largest absolute Gasteiger partial charge is 0.361 e. The zero-order valence-corrected chi connectivity index (χ0v) is 15.2. The van der Waals surface area contributed by atoms with E-state index in [0.29, 0.717) is 12.2 Å². The Balaban J connectivity index is 1.33. The summed E-state index contributed by atoms with van der Waals surface area (Å²) in [6.07, 6.45) is 1.55. The van der Waals surface area contributed by atoms with Crippen molar-refractivity contribution in [2.75, 3.05) is 13.6 Å². The summed E-state index contributed by atoms with van der Waals surface area (Å²) in [5.74, 6) is 0.828. The number of hydrogen-bond acceptors (Lipinski definition) is 3. The number of nitrogens with zero attached hydrogens (tertiary/aromatic N) is 2. The predicted molar refractivity (Wildman–Crippen MR) is 106 cm³/mol. The highest BCUT2D eigenvalue weighted by molar-refractivity contribution is 5.97. The van der Waals surface area contributed by atoms with E-state index in [-0.39, 0.29) is 5.91 Å². The topological polar surface area (TPSA) is 62.1 Å². The number of fused-ring (bicyclic) bond motifs is 1. The zero-order chi connectivity index (χ0) is 18.6. The van der Waals surface area contributed by atoms with Crippen LogP contribution >= 0.6 is 0 Å². The van der Waals surface area contributed by atoms with Gasteiger partial charge in [-0.05, 0) is 18.6 Å². The highest BCUT2D eigenvalue weighted by Crippen LogP contribution is 2.19. The molecular formula is C22H21N3O2. The Kier molecular flexibility index (Phi) is 4.75. The van der Waals surface area contributed by atoms with Crippen molar-refractivity contribution in [3.8, 4) is 11.3 Å². The minimum Gasteiger partial charge on any atom is -0.361 e. The number of hydrogen-bond donors (Lipinski definition) is 1. The first kappa shape index (κ1) is 17.1. The Morgan fingerprint density at radius 2 is 1.85 bits per heavy atom. The average Bonchev–Trinajstić information content (AvgIpc) is 3.35. The minimum absolute atomic E-state index is 0.00579. The maximum atomic E-state index is 12.6. The average molecular weight is 359 g/mol. The second-order valence-electron chi connectivity index (χ2n) is 6.65. The number of rotatable bonds is 6. The van der Waals surface area contributed by atoms with Crippen molar-refractivity contribution in [3.05, 3.63) is 78.2 Å². The van der Waals surface area contributed by atoms with E-state index >= 15 is 0 Å². The molecule has 136 valence electrons. The molecule has 0 aliphatic heterocycles. The van der Waals surface area contributed by atoms with Gasteiger partial charge in [0, 0.05) is 42.5 Å². The number of carbonyl (C=O) groups is 1. The smallest absolute Gasteiger partial charge is 0.270 e. The van der Waals surface area contributed by atoms with E-state index in [9.17, 15) is 4.79 Å². The van der Waals surface area contributed by atoms with E-state index in [1.165, 1.54) is 0 Å². The molecule has 0 saturated carbocycles. The van der Waals surface area contributed by atoms with E-state index in [0.717, 1.165) is 40.8 Å². The number of aryl methyl sites for hydroxylation is 1. The predicted octanol–water partition coefficient (Wildman–Crippen LogP) is 4.53. The van der Waals surface area contributed by atoms with Crippen LogP contribution in [0.25, 0.3) is 22.2 Å². The van der Waals surface area contributed by atoms with Crippen LogP contribution in [0.4, 0.5) is 0 Å². The Morgan fingerprint density at radius 3 is 2.67 bits per heavy atom. The van der Waals surface area contributed by atoms with Crippen molar-refractivity contribution in [1.82, 2.24) is 15.0 Å². The normalized spacial score (nSPS) is 11.0. The van der Waals surface area contributed by atoms with Gasteiger partial charge in [0.05, 0.1) is 0 Å². The first-order chi connectivity index (χ1) is 13.2. The van der Waals surface area contributed by atoms with Crippen LogP contribution in [0, 0.1) is 0 Å². The lowest BCUT2D eigenvalue weighted by molar-refractivity contribution is 0.0788. The molecule has 27 heavy (non-hydrogen) atoms. The Hall–Kier alpha value is -3.34. The third-order valence-corrected chi connectivity index (χ3v) is 4.65. The van der Waals surface area contributed by atoms with Gasteiger partial charge in [-0.25, -0.2) is 0 Å². The summed E-state index contributed by atoms with van der Waals surface area (Å²) in [6, 6.07) is 21.7. The molecule has 4 aromatic rings. The third kappa shape index (κ3) is 3.77. The molecule has 0 bridgehead atoms. The van der Waals surface area contributed by atoms with E-state index < -0.39 is 0 Å². The lowest BCUT2D eigenvalue weighted by Crippen LogP contribution is -2.28. The van der Waals surface area contributed by atoms with Gasteiger partial charge in [0.2, 0.25) is 0 Å². The summed E-state index contributed by atoms with van der Waals surface area (Å²) >= 11 is 0. The maximum absolute atomic E-state index is 12.6. The third-order valence-electron chi connectivity index (χ3n) is 4.65. The Morgan fingerprint density at radius 1 is 1.07 bits per heavy atom. The van der Waals surface area contributed by atoms with Crippen LogP contribution in [0.1, 0.15) is 22.7 Å². The summed E-state index contributed by atoms with van der Waals surface area (Å²) in [6.45, 7) is 0.648. The van der Waals surface area contributed by atoms with Gasteiger partial charge < -0.3 is 14.4 Å². The second kappa shape index (κ2) is 7.50. The molecule has 0 fully saturated rings. The molecule has 2 aromatic carbocycles. The highest BCUT2D eigenvalue weighted by atomic mass is 16.5. The van der Waals surface area contributed by atoms with Crippen LogP contribution in [0.5, 0.6) is 0 Å². The van der Waals surface area contributed by atoms with Crippen LogP contribution in [-0.4, -0.2) is 34.5 Å². The first-order valence-electron chi connectivity index (χ1n) is 9.05. The highest BCUT2D eigenvalue weighted by Gasteiger charge is 2.14. The number of para-hydroxylation sites is 1. The molecule has 5 heteroatoms. The molecule has 0 unspecified atom stereocenters. The molecule has 2 heterocycles. The van der Waals surface area contributed by atoms with Crippen LogP contribution < -0.4 is 0 Å². The van der Waals surface area contributed by atoms with Crippen molar-refractivity contribution in [1.29, 1.82) is 0 Å². The molecule has 0 atom stereocenters. The fourth-order valence-corrected chi connectivity index (χ4v) is 3.16. The minimum atomic E-state index is -0.00579. The molecule has 1 N–H and O–H groups in total. The number of H-pyrrole nitrogens is 1. The number of amides is 1. The number of nitrogens with one attached hydrogen (secondary N) is 1. The summed E-state index contributed by atoms with van der Waals surface area (Å²) < 4.78 is 5.43. The fraction of sp³-hybridized carbons (Fsp3) is 0.182. The number of carbonyl (C=O) groups excluding carboxylic acids is 1. The Bertz CT molecular complexity index is 1020. The molecule has 0 aliphatic carbocycles. The lowest BCUT2D eigenvalue weighted by Gasteiger charge is -2.15. The monoisotopic (exact) mass is 359 g/mol. The van der Waals surface area contributed by atoms with Crippen molar-refractivity contribution >= 4 is 16.8 Å². The van der Waals surface area contributed by atoms with E-state index in [2.05, 4.69) is 10.1 Å². The molecule has 0 radical (unpaired) electrons. The number of benzene rings is 2. The maximum Gasteiger partial charge on any atom is 0.270 e. The molecule has 0 aliphatic rings. The molecule has 4 rings (SSSR count). The van der Waals surface area contributed by atoms with Crippen LogP contribution in [-0.2, 0) is 6.42 Å². The van der Waals surface area contributed by atoms with Crippen molar-refractivity contribution in [3.63, 3.8) is 0 Å². The molecule has 5 nitrogen and oxygen atoms in total. The first-order valence-corrected chi connectivity index (χ1v) is 9.05. The summed E-state index contributed by atoms with van der Waals surface area (Å²) in [4.78, 5) is 17.5. The van der Waals surface area contributed by atoms with Gasteiger partial charge in [-0.1, -0.05) is 53.7 Å². The van der Waals surface area contributed by atoms with Crippen LogP contribution in [0.15, 0.2) is 71.3 Å². The van der Waals surface area contributed by atoms with Crippen molar-refractivity contribution < 1.29 is 9.32 Å². The van der Waals surface area contributed by atoms with Gasteiger partial charge in [0.1, 0.15) is 17.1 Å². The van der Waals surface area contributed by atoms with Gasteiger partial charge in [0.15, 0.2) is 0 Å². The molecule has 1 amide bonds. The fourth-order valence-electron chi connectivity index (χ4n) is 3.16. The van der Waals surface area contributed by atoms with Crippen molar-refractivity contribution in [2.45, 2.75) is 12.8 Å². The molecule has 0 saturated heterocycles. The summed E-state index contributed by atoms with van der Waals surface area (Å²) in [7, 11) is 1.82. The van der Waals surface area contributed by atoms with Gasteiger partial charge >= 0.3 is 0 Å². The molecule has 2 aromatic heterocycles. The van der Waals surface area contributed by atoms with Gasteiger partial charge in [0.25, 0.3) is 5.91 Å². The van der Waals surface area contributed by atoms with Gasteiger partial charge in [-0.3, -0.25) is 4.79 Å². The Labute approximate surface area is 157 Å². The SMILES string of the molecule is CN(CCCc1cc(-c2ccccc2)no1)C(=O)c1cc2ccccc2[nH]1. The summed E-state index contributed by atoms with van der Waals surface area (Å²) in [5, 5.41) is 5.18. The molecule has 0 spiro atoms. The lowest BCUT2D eigenvalue weighted by atomic mass is 10.1. The van der Waals surface area contributed by atoms with Crippen LogP contribution in [0.3, 0.4) is 0 Å². The van der Waals surface area contributed by atoms with Crippen LogP contribution in [0.2, 0.25) is 0 Å². The van der Waals surface area contributed by atoms with E-state index in [1.807, 2.05) is 73.8 Å². The second-order valence-corrected chi connectivity index (χ2v) is 6.65. The van der Waals surface area contributed by atoms with E-state index in [4.69, 9.17) is 4.52 Å². The van der Waals surface area contributed by atoms with Gasteiger partial charge in [-0.2, -0.15) is 0 Å². The number of aromatic nitrogens is 2. The molecular weight excluding hydrogens is 338 g/mol. The van der Waals surface area contributed by atoms with Crippen molar-refractivity contribution in [2.24, 2.45) is 0 Å². The zero-order valence-electron chi connectivity index (χ0n) is 15.2. The summed E-state index contributed by atoms with van der Waals surface area (Å²) in [5.41, 5.74) is 3.47. The number of aromatic amines is 1.